The van der Waals surface area contributed by atoms with Gasteiger partial charge in [-0.1, -0.05) is 34.6 Å². The van der Waals surface area contributed by atoms with Crippen LogP contribution in [0.15, 0.2) is 0 Å². The Hall–Kier alpha value is -0.890. The number of esters is 1. The van der Waals surface area contributed by atoms with Crippen LogP contribution in [0.5, 0.6) is 0 Å². The molecule has 2 bridgehead atoms. The summed E-state index contributed by atoms with van der Waals surface area (Å²) in [4.78, 5) is 12.1. The van der Waals surface area contributed by atoms with Crippen LogP contribution in [0.4, 0.5) is 0 Å². The SMILES string of the molecule is CC(=O)OC(C)(C)[C@H]1O[C@@]23O[C@@H]1C[C@@H](C)[C@@H]2[C@@]1(C)CC[C@@]24C[C@@]25CC[C@H](O[C@@H]2O[C@H](CO)[C@H](O)[C@H]2O)C(C)(C)[C@@H]5C[C@H](O)[C@H]4[C@]1(C)[C@H]3O. The average molecular weight is 679 g/mol. The lowest BCUT2D eigenvalue weighted by Gasteiger charge is -2.64. The van der Waals surface area contributed by atoms with Gasteiger partial charge in [0.2, 0.25) is 0 Å². The summed E-state index contributed by atoms with van der Waals surface area (Å²) < 4.78 is 31.8. The molecule has 272 valence electrons. The van der Waals surface area contributed by atoms with E-state index in [1.807, 2.05) is 13.8 Å². The second kappa shape index (κ2) is 10.2. The predicted octanol–water partition coefficient (Wildman–Crippen LogP) is 2.66. The number of aliphatic hydroxyl groups excluding tert-OH is 5. The maximum Gasteiger partial charge on any atom is 0.303 e. The Labute approximate surface area is 284 Å². The van der Waals surface area contributed by atoms with Crippen LogP contribution in [-0.2, 0) is 28.5 Å². The van der Waals surface area contributed by atoms with Crippen molar-refractivity contribution < 1.29 is 54.0 Å². The predicted molar refractivity (Wildman–Crippen MR) is 170 cm³/mol. The number of hydrogen-bond donors (Lipinski definition) is 5. The fourth-order valence-electron chi connectivity index (χ4n) is 14.4. The maximum atomic E-state index is 12.8. The van der Waals surface area contributed by atoms with Crippen LogP contribution in [0, 0.1) is 50.7 Å². The molecule has 0 radical (unpaired) electrons. The third-order valence-corrected chi connectivity index (χ3v) is 16.3. The third kappa shape index (κ3) is 3.84. The minimum absolute atomic E-state index is 0.0105. The second-order valence-electron chi connectivity index (χ2n) is 18.9. The number of rotatable bonds is 5. The highest BCUT2D eigenvalue weighted by Crippen LogP contribution is 2.90. The second-order valence-corrected chi connectivity index (χ2v) is 18.9. The van der Waals surface area contributed by atoms with Gasteiger partial charge in [0, 0.05) is 18.3 Å². The molecule has 18 atom stereocenters. The molecule has 0 unspecified atom stereocenters. The molecule has 3 saturated heterocycles. The van der Waals surface area contributed by atoms with E-state index in [-0.39, 0.29) is 63.5 Å². The van der Waals surface area contributed by atoms with Crippen molar-refractivity contribution in [2.45, 2.75) is 167 Å². The molecule has 0 aromatic rings. The van der Waals surface area contributed by atoms with Crippen molar-refractivity contribution in [2.75, 3.05) is 6.61 Å². The summed E-state index contributed by atoms with van der Waals surface area (Å²) in [6.07, 6.45) is -1.28. The Morgan fingerprint density at radius 3 is 2.29 bits per heavy atom. The van der Waals surface area contributed by atoms with Crippen LogP contribution < -0.4 is 0 Å². The van der Waals surface area contributed by atoms with E-state index in [1.54, 1.807) is 0 Å². The molecule has 8 fully saturated rings. The molecular formula is C37H58O11. The van der Waals surface area contributed by atoms with Gasteiger partial charge in [-0.25, -0.2) is 0 Å². The first kappa shape index (κ1) is 34.2. The Balaban J connectivity index is 1.11. The summed E-state index contributed by atoms with van der Waals surface area (Å²) in [6.45, 7) is 15.9. The lowest BCUT2D eigenvalue weighted by molar-refractivity contribution is -0.285. The van der Waals surface area contributed by atoms with E-state index in [0.29, 0.717) is 6.42 Å². The van der Waals surface area contributed by atoms with Crippen LogP contribution in [0.25, 0.3) is 0 Å². The third-order valence-electron chi connectivity index (χ3n) is 16.3. The van der Waals surface area contributed by atoms with Gasteiger partial charge in [0.05, 0.1) is 24.9 Å². The molecule has 8 aliphatic rings. The molecule has 3 aliphatic heterocycles. The first-order valence-corrected chi connectivity index (χ1v) is 18.5. The van der Waals surface area contributed by atoms with Crippen molar-refractivity contribution in [1.29, 1.82) is 0 Å². The number of carbonyl (C=O) groups is 1. The van der Waals surface area contributed by atoms with Gasteiger partial charge >= 0.3 is 5.97 Å². The van der Waals surface area contributed by atoms with Crippen molar-refractivity contribution >= 4 is 5.97 Å². The summed E-state index contributed by atoms with van der Waals surface area (Å²) >= 11 is 0. The van der Waals surface area contributed by atoms with Crippen molar-refractivity contribution in [3.05, 3.63) is 0 Å². The number of ether oxygens (including phenoxy) is 5. The molecule has 8 rings (SSSR count). The molecule has 5 N–H and O–H groups in total. The Morgan fingerprint density at radius 2 is 1.65 bits per heavy atom. The first-order valence-electron chi connectivity index (χ1n) is 18.5. The summed E-state index contributed by atoms with van der Waals surface area (Å²) in [6, 6.07) is 0. The molecule has 3 spiro atoms. The van der Waals surface area contributed by atoms with Crippen LogP contribution in [0.2, 0.25) is 0 Å². The molecule has 0 amide bonds. The lowest BCUT2D eigenvalue weighted by Crippen LogP contribution is -2.64. The maximum absolute atomic E-state index is 12.8. The molecule has 11 nitrogen and oxygen atoms in total. The van der Waals surface area contributed by atoms with E-state index < -0.39 is 66.3 Å². The smallest absolute Gasteiger partial charge is 0.303 e. The first-order chi connectivity index (χ1) is 22.3. The molecule has 11 heteroatoms. The molecule has 48 heavy (non-hydrogen) atoms. The highest BCUT2D eigenvalue weighted by molar-refractivity contribution is 5.66. The van der Waals surface area contributed by atoms with Crippen molar-refractivity contribution in [3.8, 4) is 0 Å². The van der Waals surface area contributed by atoms with E-state index >= 15 is 0 Å². The fraction of sp³-hybridized carbons (Fsp3) is 0.973. The van der Waals surface area contributed by atoms with Gasteiger partial charge in [-0.2, -0.15) is 0 Å². The zero-order valence-electron chi connectivity index (χ0n) is 29.8. The summed E-state index contributed by atoms with van der Waals surface area (Å²) in [5.74, 6) is -1.52. The van der Waals surface area contributed by atoms with E-state index in [0.717, 1.165) is 38.5 Å². The fourth-order valence-corrected chi connectivity index (χ4v) is 14.4. The van der Waals surface area contributed by atoms with Gasteiger partial charge < -0.3 is 49.2 Å². The monoisotopic (exact) mass is 678 g/mol. The van der Waals surface area contributed by atoms with Crippen molar-refractivity contribution in [3.63, 3.8) is 0 Å². The number of fused-ring (bicyclic) bond motifs is 4. The van der Waals surface area contributed by atoms with Crippen LogP contribution in [0.1, 0.15) is 100 Å². The average Bonchev–Trinajstić information content (AvgIpc) is 3.34. The molecule has 0 aromatic carbocycles. The summed E-state index contributed by atoms with van der Waals surface area (Å²) in [5.41, 5.74) is -2.51. The van der Waals surface area contributed by atoms with Crippen molar-refractivity contribution in [1.82, 2.24) is 0 Å². The van der Waals surface area contributed by atoms with Gasteiger partial charge in [-0.05, 0) is 98.2 Å². The summed E-state index contributed by atoms with van der Waals surface area (Å²) in [7, 11) is 0. The largest absolute Gasteiger partial charge is 0.457 e. The number of hydrogen-bond acceptors (Lipinski definition) is 11. The highest BCUT2D eigenvalue weighted by Gasteiger charge is 2.89. The van der Waals surface area contributed by atoms with E-state index in [9.17, 15) is 30.3 Å². The zero-order valence-corrected chi connectivity index (χ0v) is 29.8. The Bertz CT molecular complexity index is 1350. The zero-order chi connectivity index (χ0) is 34.8. The van der Waals surface area contributed by atoms with Gasteiger partial charge in [0.15, 0.2) is 12.1 Å². The van der Waals surface area contributed by atoms with Gasteiger partial charge in [-0.3, -0.25) is 4.79 Å². The topological polar surface area (TPSA) is 164 Å². The van der Waals surface area contributed by atoms with Gasteiger partial charge in [-0.15, -0.1) is 0 Å². The lowest BCUT2D eigenvalue weighted by atomic mass is 9.40. The minimum Gasteiger partial charge on any atom is -0.457 e. The van der Waals surface area contributed by atoms with E-state index in [1.165, 1.54) is 6.92 Å². The van der Waals surface area contributed by atoms with Crippen LogP contribution >= 0.6 is 0 Å². The van der Waals surface area contributed by atoms with Crippen LogP contribution in [-0.4, -0.2) is 105 Å². The van der Waals surface area contributed by atoms with Crippen molar-refractivity contribution in [2.24, 2.45) is 50.7 Å². The van der Waals surface area contributed by atoms with Gasteiger partial charge in [0.25, 0.3) is 0 Å². The Morgan fingerprint density at radius 1 is 0.938 bits per heavy atom. The Kier molecular flexibility index (Phi) is 7.24. The normalized spacial score (nSPS) is 59.1. The molecule has 0 aromatic heterocycles. The summed E-state index contributed by atoms with van der Waals surface area (Å²) in [5, 5.41) is 55.9. The quantitative estimate of drug-likeness (QED) is 0.272. The molecular weight excluding hydrogens is 620 g/mol. The number of aliphatic hydroxyl groups is 5. The number of carbonyl (C=O) groups excluding carboxylic acids is 1. The van der Waals surface area contributed by atoms with E-state index in [4.69, 9.17) is 23.7 Å². The minimum atomic E-state index is -1.25. The molecule has 3 heterocycles. The molecule has 5 aliphatic carbocycles. The molecule has 5 saturated carbocycles. The van der Waals surface area contributed by atoms with Crippen LogP contribution in [0.3, 0.4) is 0 Å². The highest BCUT2D eigenvalue weighted by atomic mass is 16.8. The van der Waals surface area contributed by atoms with E-state index in [2.05, 4.69) is 34.6 Å². The standard InChI is InChI=1S/C37H58O11/c1-17-13-20-28(32(5,6)46-18(2)39)48-37(47-20)26(17)33(7)11-12-36-16-35(36)10-9-23(45-29-25(42)24(41)21(15-38)44-29)31(3,4)22(35)14-19(40)27(36)34(33,8)30(37)43/h17,19-30,38,40-43H,9-16H2,1-8H3/t17-,19+,20-,21-,22+,23+,24+,25-,26-,27+,28+,29+,30-,33-,34-,35-,36+,37+/m1/s1. The van der Waals surface area contributed by atoms with Gasteiger partial charge in [0.1, 0.15) is 36.1 Å².